The maximum Gasteiger partial charge on any atom is 0.325 e. The Morgan fingerprint density at radius 1 is 1.03 bits per heavy atom. The zero-order valence-corrected chi connectivity index (χ0v) is 17.2. The van der Waals surface area contributed by atoms with E-state index in [4.69, 9.17) is 0 Å². The van der Waals surface area contributed by atoms with Crippen LogP contribution >= 0.6 is 15.9 Å². The highest BCUT2D eigenvalue weighted by molar-refractivity contribution is 9.10. The van der Waals surface area contributed by atoms with Crippen LogP contribution in [0.15, 0.2) is 71.2 Å². The number of carbonyl (C=O) groups is 3. The van der Waals surface area contributed by atoms with Gasteiger partial charge in [0.1, 0.15) is 12.1 Å². The van der Waals surface area contributed by atoms with Crippen molar-refractivity contribution >= 4 is 50.2 Å². The zero-order chi connectivity index (χ0) is 20.6. The first kappa shape index (κ1) is 19.1. The molecule has 4 rings (SSSR count). The predicted molar refractivity (Wildman–Crippen MR) is 114 cm³/mol. The van der Waals surface area contributed by atoms with Crippen molar-refractivity contribution in [1.29, 1.82) is 0 Å². The van der Waals surface area contributed by atoms with Gasteiger partial charge in [-0.2, -0.15) is 0 Å². The van der Waals surface area contributed by atoms with Crippen molar-refractivity contribution in [1.82, 2.24) is 10.2 Å². The van der Waals surface area contributed by atoms with Crippen molar-refractivity contribution in [2.24, 2.45) is 0 Å². The summed E-state index contributed by atoms with van der Waals surface area (Å²) in [6.45, 7) is 1.29. The molecule has 0 aliphatic carbocycles. The smallest absolute Gasteiger partial charge is 0.324 e. The molecule has 1 atom stereocenters. The summed E-state index contributed by atoms with van der Waals surface area (Å²) in [5, 5.41) is 7.46. The highest BCUT2D eigenvalue weighted by atomic mass is 79.9. The largest absolute Gasteiger partial charge is 0.325 e. The van der Waals surface area contributed by atoms with Crippen molar-refractivity contribution < 1.29 is 14.4 Å². The van der Waals surface area contributed by atoms with Gasteiger partial charge < -0.3 is 10.6 Å². The van der Waals surface area contributed by atoms with E-state index in [9.17, 15) is 14.4 Å². The Kier molecular flexibility index (Phi) is 4.84. The van der Waals surface area contributed by atoms with Gasteiger partial charge in [-0.15, -0.1) is 0 Å². The van der Waals surface area contributed by atoms with E-state index in [0.717, 1.165) is 15.7 Å². The lowest BCUT2D eigenvalue weighted by Gasteiger charge is -2.22. The number of urea groups is 1. The van der Waals surface area contributed by atoms with Gasteiger partial charge >= 0.3 is 6.03 Å². The lowest BCUT2D eigenvalue weighted by Crippen LogP contribution is -2.42. The summed E-state index contributed by atoms with van der Waals surface area (Å²) in [5.74, 6) is -0.914. The Bertz CT molecular complexity index is 1150. The predicted octanol–water partition coefficient (Wildman–Crippen LogP) is 4.01. The van der Waals surface area contributed by atoms with Crippen LogP contribution in [-0.4, -0.2) is 29.3 Å². The second kappa shape index (κ2) is 7.33. The molecule has 0 spiro atoms. The summed E-state index contributed by atoms with van der Waals surface area (Å²) < 4.78 is 0.714. The van der Waals surface area contributed by atoms with E-state index in [2.05, 4.69) is 26.6 Å². The molecular weight excluding hydrogens is 434 g/mol. The zero-order valence-electron chi connectivity index (χ0n) is 15.6. The molecule has 29 heavy (non-hydrogen) atoms. The first-order chi connectivity index (χ1) is 13.9. The Balaban J connectivity index is 1.56. The fourth-order valence-electron chi connectivity index (χ4n) is 3.43. The molecule has 1 unspecified atom stereocenters. The fraction of sp³-hybridized carbons (Fsp3) is 0.136. The Morgan fingerprint density at radius 3 is 2.48 bits per heavy atom. The third kappa shape index (κ3) is 3.49. The van der Waals surface area contributed by atoms with Gasteiger partial charge in [0, 0.05) is 4.47 Å². The molecule has 3 aromatic rings. The van der Waals surface area contributed by atoms with Gasteiger partial charge in [-0.25, -0.2) is 4.79 Å². The molecule has 1 aliphatic heterocycles. The molecule has 0 saturated carbocycles. The van der Waals surface area contributed by atoms with Crippen LogP contribution < -0.4 is 10.6 Å². The topological polar surface area (TPSA) is 78.5 Å². The number of nitrogens with zero attached hydrogens (tertiary/aromatic N) is 1. The quantitative estimate of drug-likeness (QED) is 0.588. The molecule has 0 radical (unpaired) electrons. The molecule has 7 heteroatoms. The first-order valence-electron chi connectivity index (χ1n) is 9.06. The summed E-state index contributed by atoms with van der Waals surface area (Å²) in [4.78, 5) is 39.0. The number of fused-ring (bicyclic) bond motifs is 1. The van der Waals surface area contributed by atoms with Crippen LogP contribution in [0.3, 0.4) is 0 Å². The van der Waals surface area contributed by atoms with Crippen LogP contribution in [0.2, 0.25) is 0 Å². The van der Waals surface area contributed by atoms with Gasteiger partial charge in [-0.3, -0.25) is 14.5 Å². The molecule has 4 amide bonds. The second-order valence-electron chi connectivity index (χ2n) is 7.04. The molecule has 1 saturated heterocycles. The molecule has 1 heterocycles. The number of benzene rings is 3. The van der Waals surface area contributed by atoms with Crippen molar-refractivity contribution in [2.45, 2.75) is 12.5 Å². The van der Waals surface area contributed by atoms with E-state index in [1.54, 1.807) is 25.1 Å². The van der Waals surface area contributed by atoms with Crippen LogP contribution in [0.4, 0.5) is 10.5 Å². The van der Waals surface area contributed by atoms with Crippen LogP contribution in [0.25, 0.3) is 10.8 Å². The second-order valence-corrected chi connectivity index (χ2v) is 7.89. The molecule has 146 valence electrons. The van der Waals surface area contributed by atoms with Gasteiger partial charge in [0.2, 0.25) is 5.91 Å². The molecular formula is C22H18BrN3O3. The van der Waals surface area contributed by atoms with E-state index in [1.807, 2.05) is 48.5 Å². The van der Waals surface area contributed by atoms with E-state index >= 15 is 0 Å². The van der Waals surface area contributed by atoms with Gasteiger partial charge in [-0.1, -0.05) is 48.5 Å². The van der Waals surface area contributed by atoms with E-state index in [1.165, 1.54) is 0 Å². The molecule has 0 aromatic heterocycles. The van der Waals surface area contributed by atoms with Crippen molar-refractivity contribution in [3.63, 3.8) is 0 Å². The van der Waals surface area contributed by atoms with Gasteiger partial charge in [0.05, 0.1) is 5.69 Å². The number of hydrogen-bond donors (Lipinski definition) is 2. The molecule has 1 aliphatic rings. The van der Waals surface area contributed by atoms with Gasteiger partial charge in [-0.05, 0) is 57.4 Å². The number of hydrogen-bond acceptors (Lipinski definition) is 3. The third-order valence-corrected chi connectivity index (χ3v) is 5.74. The third-order valence-electron chi connectivity index (χ3n) is 5.05. The highest BCUT2D eigenvalue weighted by Crippen LogP contribution is 2.31. The summed E-state index contributed by atoms with van der Waals surface area (Å²) >= 11 is 3.36. The van der Waals surface area contributed by atoms with Crippen molar-refractivity contribution in [2.75, 3.05) is 11.9 Å². The Labute approximate surface area is 176 Å². The number of halogens is 1. The standard InChI is InChI=1S/C22H18BrN3O3/c1-22(16-11-10-14-6-2-3-7-15(14)12-16)20(28)26(21(29)25-22)13-19(27)24-18-9-5-4-8-17(18)23/h2-12H,13H2,1H3,(H,24,27)(H,25,29). The Hall–Kier alpha value is -3.19. The van der Waals surface area contributed by atoms with Crippen LogP contribution in [0.1, 0.15) is 12.5 Å². The minimum absolute atomic E-state index is 0.366. The van der Waals surface area contributed by atoms with Gasteiger partial charge in [0.15, 0.2) is 0 Å². The molecule has 1 fully saturated rings. The average molecular weight is 452 g/mol. The van der Waals surface area contributed by atoms with Crippen LogP contribution in [0, 0.1) is 0 Å². The number of carbonyl (C=O) groups excluding carboxylic acids is 3. The van der Waals surface area contributed by atoms with Crippen molar-refractivity contribution in [3.05, 3.63) is 76.8 Å². The van der Waals surface area contributed by atoms with E-state index in [-0.39, 0.29) is 6.54 Å². The highest BCUT2D eigenvalue weighted by Gasteiger charge is 2.49. The minimum Gasteiger partial charge on any atom is -0.324 e. The fourth-order valence-corrected chi connectivity index (χ4v) is 3.82. The van der Waals surface area contributed by atoms with E-state index < -0.39 is 23.4 Å². The molecule has 3 aromatic carbocycles. The summed E-state index contributed by atoms with van der Waals surface area (Å²) in [5.41, 5.74) is 0.0134. The maximum atomic E-state index is 13.1. The number of imide groups is 1. The molecule has 6 nitrogen and oxygen atoms in total. The lowest BCUT2D eigenvalue weighted by atomic mass is 9.90. The molecule has 2 N–H and O–H groups in total. The normalized spacial score (nSPS) is 18.8. The number of anilines is 1. The summed E-state index contributed by atoms with van der Waals surface area (Å²) in [7, 11) is 0. The monoisotopic (exact) mass is 451 g/mol. The summed E-state index contributed by atoms with van der Waals surface area (Å²) in [6.07, 6.45) is 0. The number of rotatable bonds is 4. The summed E-state index contributed by atoms with van der Waals surface area (Å²) in [6, 6.07) is 20.0. The van der Waals surface area contributed by atoms with Gasteiger partial charge in [0.25, 0.3) is 5.91 Å². The van der Waals surface area contributed by atoms with Crippen LogP contribution in [0.5, 0.6) is 0 Å². The number of para-hydroxylation sites is 1. The lowest BCUT2D eigenvalue weighted by molar-refractivity contribution is -0.133. The van der Waals surface area contributed by atoms with Crippen LogP contribution in [-0.2, 0) is 15.1 Å². The minimum atomic E-state index is -1.23. The first-order valence-corrected chi connectivity index (χ1v) is 9.85. The number of nitrogens with one attached hydrogen (secondary N) is 2. The SMILES string of the molecule is CC1(c2ccc3ccccc3c2)NC(=O)N(CC(=O)Nc2ccccc2Br)C1=O. The molecule has 0 bridgehead atoms. The number of amides is 4. The van der Waals surface area contributed by atoms with Crippen molar-refractivity contribution in [3.8, 4) is 0 Å². The average Bonchev–Trinajstić information content (AvgIpc) is 2.93. The maximum absolute atomic E-state index is 13.1. The van der Waals surface area contributed by atoms with E-state index in [0.29, 0.717) is 15.7 Å². The Morgan fingerprint density at radius 2 is 1.72 bits per heavy atom.